The van der Waals surface area contributed by atoms with Gasteiger partial charge in [0.2, 0.25) is 0 Å². The van der Waals surface area contributed by atoms with Crippen LogP contribution >= 0.6 is 47.6 Å². The van der Waals surface area contributed by atoms with E-state index in [-0.39, 0.29) is 0 Å². The van der Waals surface area contributed by atoms with Crippen molar-refractivity contribution in [3.63, 3.8) is 0 Å². The third-order valence-corrected chi connectivity index (χ3v) is 4.16. The summed E-state index contributed by atoms with van der Waals surface area (Å²) in [5.41, 5.74) is 1.57. The number of halogens is 2. The van der Waals surface area contributed by atoms with Crippen molar-refractivity contribution < 1.29 is 0 Å². The molecule has 1 aromatic heterocycles. The molecule has 26 heavy (non-hydrogen) atoms. The summed E-state index contributed by atoms with van der Waals surface area (Å²) >= 11 is 22.5. The average Bonchev–Trinajstić information content (AvgIpc) is 3.03. The van der Waals surface area contributed by atoms with Crippen LogP contribution < -0.4 is 16.0 Å². The van der Waals surface area contributed by atoms with Gasteiger partial charge in [0.15, 0.2) is 16.0 Å². The number of nitrogens with zero attached hydrogens (tertiary/aromatic N) is 2. The number of nitrogens with one attached hydrogen (secondary N) is 3. The van der Waals surface area contributed by atoms with Gasteiger partial charge in [0.05, 0.1) is 0 Å². The van der Waals surface area contributed by atoms with Crippen molar-refractivity contribution in [2.45, 2.75) is 0 Å². The molecule has 0 unspecified atom stereocenters. The first-order chi connectivity index (χ1) is 12.5. The zero-order valence-electron chi connectivity index (χ0n) is 13.2. The number of aromatic nitrogens is 2. The van der Waals surface area contributed by atoms with Crippen molar-refractivity contribution in [3.8, 4) is 0 Å². The molecule has 0 aliphatic heterocycles. The van der Waals surface area contributed by atoms with Crippen molar-refractivity contribution in [1.29, 1.82) is 0 Å². The van der Waals surface area contributed by atoms with Crippen LogP contribution in [0.4, 0.5) is 17.2 Å². The van der Waals surface area contributed by atoms with Crippen molar-refractivity contribution in [1.82, 2.24) is 9.78 Å². The van der Waals surface area contributed by atoms with E-state index in [0.29, 0.717) is 26.1 Å². The second kappa shape index (κ2) is 8.46. The first-order valence-corrected chi connectivity index (χ1v) is 9.03. The Kier molecular flexibility index (Phi) is 6.05. The minimum absolute atomic E-state index is 0.395. The highest BCUT2D eigenvalue weighted by Crippen LogP contribution is 2.16. The molecular formula is C17H13Cl2N5S2. The highest BCUT2D eigenvalue weighted by atomic mass is 35.5. The third-order valence-electron chi connectivity index (χ3n) is 3.20. The van der Waals surface area contributed by atoms with Gasteiger partial charge in [-0.15, -0.1) is 5.10 Å². The Morgan fingerprint density at radius 2 is 1.46 bits per heavy atom. The zero-order chi connectivity index (χ0) is 18.5. The van der Waals surface area contributed by atoms with Gasteiger partial charge < -0.3 is 16.0 Å². The van der Waals surface area contributed by atoms with Crippen molar-refractivity contribution in [2.75, 3.05) is 16.0 Å². The van der Waals surface area contributed by atoms with Gasteiger partial charge in [0.25, 0.3) is 0 Å². The number of benzene rings is 2. The number of hydrogen-bond donors (Lipinski definition) is 3. The molecule has 0 fully saturated rings. The van der Waals surface area contributed by atoms with Crippen LogP contribution in [-0.2, 0) is 0 Å². The summed E-state index contributed by atoms with van der Waals surface area (Å²) in [6, 6.07) is 16.3. The molecule has 0 saturated carbocycles. The van der Waals surface area contributed by atoms with Gasteiger partial charge >= 0.3 is 0 Å². The van der Waals surface area contributed by atoms with Gasteiger partial charge in [-0.3, -0.25) is 0 Å². The van der Waals surface area contributed by atoms with Crippen LogP contribution in [0.1, 0.15) is 0 Å². The van der Waals surface area contributed by atoms with Gasteiger partial charge in [-0.05, 0) is 60.8 Å². The highest BCUT2D eigenvalue weighted by molar-refractivity contribution is 7.81. The molecule has 0 amide bonds. The fraction of sp³-hybridized carbons (Fsp3) is 0. The minimum Gasteiger partial charge on any atom is -0.332 e. The third kappa shape index (κ3) is 5.15. The fourth-order valence-electron chi connectivity index (χ4n) is 2.10. The lowest BCUT2D eigenvalue weighted by molar-refractivity contribution is 0.952. The van der Waals surface area contributed by atoms with Crippen molar-refractivity contribution in [2.24, 2.45) is 0 Å². The van der Waals surface area contributed by atoms with Crippen LogP contribution in [0.15, 0.2) is 60.8 Å². The lowest BCUT2D eigenvalue weighted by atomic mass is 10.3. The first kappa shape index (κ1) is 18.6. The molecule has 0 atom stereocenters. The molecule has 0 radical (unpaired) electrons. The molecule has 3 aromatic rings. The average molecular weight is 422 g/mol. The van der Waals surface area contributed by atoms with E-state index in [2.05, 4.69) is 21.0 Å². The zero-order valence-corrected chi connectivity index (χ0v) is 16.4. The first-order valence-electron chi connectivity index (χ1n) is 7.46. The van der Waals surface area contributed by atoms with Crippen molar-refractivity contribution >= 4 is 75.1 Å². The second-order valence-corrected chi connectivity index (χ2v) is 6.84. The van der Waals surface area contributed by atoms with E-state index in [4.69, 9.17) is 47.6 Å². The molecule has 0 bridgehead atoms. The van der Waals surface area contributed by atoms with Crippen molar-refractivity contribution in [3.05, 3.63) is 70.8 Å². The number of thiocarbonyl (C=S) groups is 2. The van der Waals surface area contributed by atoms with Gasteiger partial charge in [0, 0.05) is 33.7 Å². The quantitative estimate of drug-likeness (QED) is 0.502. The summed E-state index contributed by atoms with van der Waals surface area (Å²) in [5.74, 6) is 0.555. The Bertz CT molecular complexity index is 958. The maximum absolute atomic E-state index is 5.97. The predicted octanol–water partition coefficient (Wildman–Crippen LogP) is 5.24. The Hall–Kier alpha value is -2.19. The Balaban J connectivity index is 1.60. The molecule has 0 spiro atoms. The summed E-state index contributed by atoms with van der Waals surface area (Å²) in [6.07, 6.45) is 1.73. The Morgan fingerprint density at radius 1 is 0.846 bits per heavy atom. The molecule has 132 valence electrons. The van der Waals surface area contributed by atoms with Gasteiger partial charge in [-0.1, -0.05) is 35.3 Å². The second-order valence-electron chi connectivity index (χ2n) is 5.18. The van der Waals surface area contributed by atoms with Crippen LogP contribution in [0.3, 0.4) is 0 Å². The number of rotatable bonds is 3. The van der Waals surface area contributed by atoms with Gasteiger partial charge in [-0.2, -0.15) is 0 Å². The molecule has 3 N–H and O–H groups in total. The summed E-state index contributed by atoms with van der Waals surface area (Å²) in [6.45, 7) is 0. The van der Waals surface area contributed by atoms with E-state index in [1.54, 1.807) is 36.5 Å². The number of anilines is 3. The number of hydrogen-bond acceptors (Lipinski definition) is 3. The van der Waals surface area contributed by atoms with Gasteiger partial charge in [0.1, 0.15) is 0 Å². The highest BCUT2D eigenvalue weighted by Gasteiger charge is 2.06. The van der Waals surface area contributed by atoms with E-state index in [1.807, 2.05) is 24.3 Å². The van der Waals surface area contributed by atoms with Crippen LogP contribution in [-0.4, -0.2) is 20.0 Å². The predicted molar refractivity (Wildman–Crippen MR) is 117 cm³/mol. The van der Waals surface area contributed by atoms with E-state index in [0.717, 1.165) is 11.4 Å². The lowest BCUT2D eigenvalue weighted by Gasteiger charge is -2.09. The van der Waals surface area contributed by atoms with Crippen LogP contribution in [0.2, 0.25) is 10.0 Å². The lowest BCUT2D eigenvalue weighted by Crippen LogP contribution is -2.22. The summed E-state index contributed by atoms with van der Waals surface area (Å²) < 4.78 is 1.53. The Labute approximate surface area is 171 Å². The van der Waals surface area contributed by atoms with E-state index >= 15 is 0 Å². The molecule has 0 aliphatic carbocycles. The smallest absolute Gasteiger partial charge is 0.198 e. The molecule has 0 aliphatic rings. The standard InChI is InChI=1S/C17H13Cl2N5S2/c18-11-3-1-5-13(9-11)20-16(25)22-15-7-8-24(23-15)17(26)21-14-6-2-4-12(19)10-14/h1-10H,(H,21,26)(H2,20,22,23,25). The summed E-state index contributed by atoms with van der Waals surface area (Å²) in [7, 11) is 0. The maximum Gasteiger partial charge on any atom is 0.198 e. The largest absolute Gasteiger partial charge is 0.332 e. The molecule has 2 aromatic carbocycles. The molecule has 0 saturated heterocycles. The molecule has 9 heteroatoms. The molecule has 5 nitrogen and oxygen atoms in total. The normalized spacial score (nSPS) is 10.2. The molecule has 3 rings (SSSR count). The topological polar surface area (TPSA) is 53.9 Å². The summed E-state index contributed by atoms with van der Waals surface area (Å²) in [4.78, 5) is 0. The Morgan fingerprint density at radius 3 is 2.08 bits per heavy atom. The van der Waals surface area contributed by atoms with Crippen LogP contribution in [0.25, 0.3) is 0 Å². The monoisotopic (exact) mass is 421 g/mol. The molecule has 1 heterocycles. The van der Waals surface area contributed by atoms with Crippen LogP contribution in [0.5, 0.6) is 0 Å². The summed E-state index contributed by atoms with van der Waals surface area (Å²) in [5, 5.41) is 15.5. The van der Waals surface area contributed by atoms with Gasteiger partial charge in [-0.25, -0.2) is 4.68 Å². The van der Waals surface area contributed by atoms with E-state index in [1.165, 1.54) is 4.68 Å². The maximum atomic E-state index is 5.97. The molecular weight excluding hydrogens is 409 g/mol. The van der Waals surface area contributed by atoms with E-state index in [9.17, 15) is 0 Å². The SMILES string of the molecule is S=C(Nc1cccc(Cl)c1)Nc1ccn(C(=S)Nc2cccc(Cl)c2)n1. The van der Waals surface area contributed by atoms with E-state index < -0.39 is 0 Å². The minimum atomic E-state index is 0.395. The van der Waals surface area contributed by atoms with Crippen LogP contribution in [0, 0.1) is 0 Å². The fourth-order valence-corrected chi connectivity index (χ4v) is 2.92.